The number of fused-ring (bicyclic) bond motifs is 1. The van der Waals surface area contributed by atoms with Gasteiger partial charge in [-0.25, -0.2) is 9.97 Å². The summed E-state index contributed by atoms with van der Waals surface area (Å²) in [6, 6.07) is 6.36. The number of methoxy groups -OCH3 is 1. The molecule has 0 radical (unpaired) electrons. The summed E-state index contributed by atoms with van der Waals surface area (Å²) in [5.74, 6) is 1.01. The normalized spacial score (nSPS) is 10.8. The van der Waals surface area contributed by atoms with Crippen LogP contribution in [0.3, 0.4) is 0 Å². The summed E-state index contributed by atoms with van der Waals surface area (Å²) in [5.41, 5.74) is 7.48. The predicted molar refractivity (Wildman–Crippen MR) is 107 cm³/mol. The topological polar surface area (TPSA) is 60.2 Å². The van der Waals surface area contributed by atoms with E-state index in [9.17, 15) is 0 Å². The molecule has 0 aliphatic rings. The average molecular weight is 355 g/mol. The third kappa shape index (κ3) is 3.58. The van der Waals surface area contributed by atoms with E-state index in [1.54, 1.807) is 7.11 Å². The van der Waals surface area contributed by atoms with Gasteiger partial charge in [0.25, 0.3) is 0 Å². The number of nitrogens with zero attached hydrogens (tertiary/aromatic N) is 3. The van der Waals surface area contributed by atoms with Crippen LogP contribution in [0.25, 0.3) is 22.3 Å². The molecule has 0 aliphatic carbocycles. The van der Waals surface area contributed by atoms with Crippen LogP contribution in [0.15, 0.2) is 24.4 Å². The number of hydrogen-bond donors (Lipinski definition) is 1. The summed E-state index contributed by atoms with van der Waals surface area (Å²) in [6.07, 6.45) is 2.16. The second-order valence-corrected chi connectivity index (χ2v) is 6.57. The zero-order chi connectivity index (χ0) is 19.4. The second kappa shape index (κ2) is 8.32. The van der Waals surface area contributed by atoms with Gasteiger partial charge in [0.2, 0.25) is 5.88 Å². The van der Waals surface area contributed by atoms with Gasteiger partial charge in [-0.05, 0) is 56.0 Å². The van der Waals surface area contributed by atoms with Crippen molar-refractivity contribution in [1.82, 2.24) is 14.5 Å². The molecule has 1 N–H and O–H groups in total. The van der Waals surface area contributed by atoms with Crippen molar-refractivity contribution in [2.75, 3.05) is 14.2 Å². The second-order valence-electron chi connectivity index (χ2n) is 6.57. The van der Waals surface area contributed by atoms with Gasteiger partial charge in [0.1, 0.15) is 0 Å². The van der Waals surface area contributed by atoms with Crippen LogP contribution in [-0.4, -0.2) is 33.9 Å². The Hall–Kier alpha value is -2.40. The van der Waals surface area contributed by atoms with Crippen molar-refractivity contribution in [2.24, 2.45) is 0 Å². The van der Waals surface area contributed by atoms with E-state index in [0.29, 0.717) is 11.8 Å². The number of aromatic nitrogens is 3. The van der Waals surface area contributed by atoms with E-state index < -0.39 is 0 Å². The van der Waals surface area contributed by atoms with Gasteiger partial charge >= 0.3 is 0 Å². The standard InChI is InChI=1S/C20H25N3O.CH4O/c1-7-23-11-14(5)19-17(23)10-13(4)18(22-19)15-8-9-16(12(2)3)21-20(15)24-6;1-2/h8-12H,7H2,1-6H3;2H,1H3. The van der Waals surface area contributed by atoms with Crippen molar-refractivity contribution in [3.63, 3.8) is 0 Å². The first kappa shape index (κ1) is 19.9. The summed E-state index contributed by atoms with van der Waals surface area (Å²) < 4.78 is 7.80. The van der Waals surface area contributed by atoms with E-state index in [-0.39, 0.29) is 0 Å². The number of aryl methyl sites for hydroxylation is 3. The van der Waals surface area contributed by atoms with E-state index in [2.05, 4.69) is 68.6 Å². The first-order valence-corrected chi connectivity index (χ1v) is 8.93. The first-order chi connectivity index (χ1) is 12.5. The molecule has 140 valence electrons. The lowest BCUT2D eigenvalue weighted by atomic mass is 10.0. The monoisotopic (exact) mass is 355 g/mol. The van der Waals surface area contributed by atoms with Crippen molar-refractivity contribution < 1.29 is 9.84 Å². The van der Waals surface area contributed by atoms with Gasteiger partial charge in [0.05, 0.1) is 29.4 Å². The zero-order valence-electron chi connectivity index (χ0n) is 16.8. The summed E-state index contributed by atoms with van der Waals surface area (Å²) in [4.78, 5) is 9.62. The maximum Gasteiger partial charge on any atom is 0.222 e. The van der Waals surface area contributed by atoms with Crippen molar-refractivity contribution >= 4 is 11.0 Å². The molecule has 5 heteroatoms. The fraction of sp³-hybridized carbons (Fsp3) is 0.429. The highest BCUT2D eigenvalue weighted by molar-refractivity contribution is 5.85. The molecular formula is C21H29N3O2. The third-order valence-corrected chi connectivity index (χ3v) is 4.49. The molecule has 3 aromatic rings. The number of hydrogen-bond acceptors (Lipinski definition) is 4. The number of aliphatic hydroxyl groups is 1. The van der Waals surface area contributed by atoms with Gasteiger partial charge in [0.15, 0.2) is 0 Å². The maximum absolute atomic E-state index is 7.00. The number of aliphatic hydroxyl groups excluding tert-OH is 1. The van der Waals surface area contributed by atoms with Crippen LogP contribution < -0.4 is 4.74 Å². The lowest BCUT2D eigenvalue weighted by Crippen LogP contribution is -2.00. The van der Waals surface area contributed by atoms with E-state index in [4.69, 9.17) is 14.8 Å². The minimum absolute atomic E-state index is 0.366. The fourth-order valence-corrected chi connectivity index (χ4v) is 3.12. The Labute approximate surface area is 155 Å². The zero-order valence-corrected chi connectivity index (χ0v) is 16.8. The maximum atomic E-state index is 7.00. The molecule has 26 heavy (non-hydrogen) atoms. The third-order valence-electron chi connectivity index (χ3n) is 4.49. The van der Waals surface area contributed by atoms with Gasteiger partial charge in [-0.3, -0.25) is 0 Å². The molecule has 3 heterocycles. The molecule has 5 nitrogen and oxygen atoms in total. The molecule has 3 rings (SSSR count). The van der Waals surface area contributed by atoms with E-state index in [1.165, 1.54) is 11.1 Å². The Morgan fingerprint density at radius 2 is 1.81 bits per heavy atom. The number of rotatable bonds is 4. The first-order valence-electron chi connectivity index (χ1n) is 8.93. The molecule has 0 unspecified atom stereocenters. The number of ether oxygens (including phenoxy) is 1. The van der Waals surface area contributed by atoms with Crippen molar-refractivity contribution in [2.45, 2.75) is 47.1 Å². The molecule has 0 spiro atoms. The molecular weight excluding hydrogens is 326 g/mol. The molecule has 3 aromatic heterocycles. The molecule has 0 saturated carbocycles. The Balaban J connectivity index is 0.00000117. The summed E-state index contributed by atoms with van der Waals surface area (Å²) in [5, 5.41) is 7.00. The molecule has 0 aliphatic heterocycles. The van der Waals surface area contributed by atoms with Gasteiger partial charge in [-0.15, -0.1) is 0 Å². The van der Waals surface area contributed by atoms with Crippen molar-refractivity contribution in [3.05, 3.63) is 41.2 Å². The van der Waals surface area contributed by atoms with Crippen LogP contribution in [-0.2, 0) is 6.54 Å². The minimum atomic E-state index is 0.366. The summed E-state index contributed by atoms with van der Waals surface area (Å²) in [6.45, 7) is 11.6. The van der Waals surface area contributed by atoms with Crippen molar-refractivity contribution in [1.29, 1.82) is 0 Å². The Morgan fingerprint density at radius 1 is 1.12 bits per heavy atom. The van der Waals surface area contributed by atoms with Crippen molar-refractivity contribution in [3.8, 4) is 17.1 Å². The van der Waals surface area contributed by atoms with Crippen LogP contribution in [0.1, 0.15) is 43.5 Å². The lowest BCUT2D eigenvalue weighted by Gasteiger charge is -2.13. The highest BCUT2D eigenvalue weighted by atomic mass is 16.5. The lowest BCUT2D eigenvalue weighted by molar-refractivity contribution is 0.397. The SMILES string of the molecule is CCn1cc(C)c2nc(-c3ccc(C(C)C)nc3OC)c(C)cc21.CO. The molecule has 0 bridgehead atoms. The smallest absolute Gasteiger partial charge is 0.222 e. The Bertz CT molecular complexity index is 898. The van der Waals surface area contributed by atoms with Gasteiger partial charge in [-0.1, -0.05) is 13.8 Å². The van der Waals surface area contributed by atoms with Crippen LogP contribution in [0, 0.1) is 13.8 Å². The van der Waals surface area contributed by atoms with E-state index >= 15 is 0 Å². The van der Waals surface area contributed by atoms with Gasteiger partial charge in [-0.2, -0.15) is 0 Å². The van der Waals surface area contributed by atoms with Crippen LogP contribution in [0.5, 0.6) is 5.88 Å². The molecule has 0 atom stereocenters. The number of pyridine rings is 2. The van der Waals surface area contributed by atoms with Crippen LogP contribution >= 0.6 is 0 Å². The fourth-order valence-electron chi connectivity index (χ4n) is 3.12. The van der Waals surface area contributed by atoms with Crippen LogP contribution in [0.2, 0.25) is 0 Å². The average Bonchev–Trinajstić information content (AvgIpc) is 2.97. The van der Waals surface area contributed by atoms with Crippen LogP contribution in [0.4, 0.5) is 0 Å². The Morgan fingerprint density at radius 3 is 2.38 bits per heavy atom. The van der Waals surface area contributed by atoms with Gasteiger partial charge < -0.3 is 14.4 Å². The molecule has 0 fully saturated rings. The molecule has 0 aromatic carbocycles. The highest BCUT2D eigenvalue weighted by Crippen LogP contribution is 2.33. The van der Waals surface area contributed by atoms with E-state index in [0.717, 1.165) is 41.7 Å². The largest absolute Gasteiger partial charge is 0.480 e. The minimum Gasteiger partial charge on any atom is -0.480 e. The van der Waals surface area contributed by atoms with Gasteiger partial charge in [0, 0.05) is 25.5 Å². The highest BCUT2D eigenvalue weighted by Gasteiger charge is 2.16. The summed E-state index contributed by atoms with van der Waals surface area (Å²) in [7, 11) is 2.67. The predicted octanol–water partition coefficient (Wildman–Crippen LogP) is 4.48. The van der Waals surface area contributed by atoms with E-state index in [1.807, 2.05) is 0 Å². The molecule has 0 amide bonds. The summed E-state index contributed by atoms with van der Waals surface area (Å²) >= 11 is 0. The molecule has 0 saturated heterocycles. The Kier molecular flexibility index (Phi) is 6.37. The quantitative estimate of drug-likeness (QED) is 0.750.